The average Bonchev–Trinajstić information content (AvgIpc) is 2.42. The third kappa shape index (κ3) is 4.12. The summed E-state index contributed by atoms with van der Waals surface area (Å²) in [5, 5.41) is 0. The quantitative estimate of drug-likeness (QED) is 0.669. The maximum absolute atomic E-state index is 12.1. The highest BCUT2D eigenvalue weighted by Gasteiger charge is 2.23. The Kier molecular flexibility index (Phi) is 5.13. The van der Waals surface area contributed by atoms with Crippen LogP contribution in [0.2, 0.25) is 0 Å². The van der Waals surface area contributed by atoms with E-state index in [0.717, 1.165) is 24.2 Å². The Labute approximate surface area is 119 Å². The van der Waals surface area contributed by atoms with Crippen LogP contribution >= 0.6 is 11.8 Å². The highest BCUT2D eigenvalue weighted by Crippen LogP contribution is 2.25. The fraction of sp³-hybridized carbons (Fsp3) is 0.538. The van der Waals surface area contributed by atoms with Crippen LogP contribution in [0.4, 0.5) is 5.69 Å². The van der Waals surface area contributed by atoms with Crippen molar-refractivity contribution < 1.29 is 8.42 Å². The maximum Gasteiger partial charge on any atom is 0.214 e. The SMILES string of the molecule is Nc1ccccc1SCCS(=O)(=O)N1CCCCC1. The summed E-state index contributed by atoms with van der Waals surface area (Å²) in [6, 6.07) is 7.55. The first-order valence-electron chi connectivity index (χ1n) is 6.55. The van der Waals surface area contributed by atoms with Crippen LogP contribution < -0.4 is 5.73 Å². The van der Waals surface area contributed by atoms with E-state index in [1.54, 1.807) is 4.31 Å². The predicted octanol–water partition coefficient (Wildman–Crippen LogP) is 2.18. The van der Waals surface area contributed by atoms with Crippen LogP contribution in [0.15, 0.2) is 29.2 Å². The van der Waals surface area contributed by atoms with Gasteiger partial charge in [-0.25, -0.2) is 12.7 Å². The summed E-state index contributed by atoms with van der Waals surface area (Å²) in [4.78, 5) is 0.955. The molecule has 1 aromatic carbocycles. The van der Waals surface area contributed by atoms with Crippen LogP contribution in [0.1, 0.15) is 19.3 Å². The number of hydrogen-bond donors (Lipinski definition) is 1. The van der Waals surface area contributed by atoms with Crippen molar-refractivity contribution in [3.05, 3.63) is 24.3 Å². The molecule has 1 aliphatic heterocycles. The Hall–Kier alpha value is -0.720. The minimum absolute atomic E-state index is 0.187. The maximum atomic E-state index is 12.1. The second-order valence-electron chi connectivity index (χ2n) is 4.66. The molecular weight excluding hydrogens is 280 g/mol. The summed E-state index contributed by atoms with van der Waals surface area (Å²) < 4.78 is 25.9. The molecule has 1 heterocycles. The number of rotatable bonds is 5. The van der Waals surface area contributed by atoms with Crippen molar-refractivity contribution in [2.75, 3.05) is 30.3 Å². The van der Waals surface area contributed by atoms with Gasteiger partial charge >= 0.3 is 0 Å². The van der Waals surface area contributed by atoms with Crippen LogP contribution in [0.25, 0.3) is 0 Å². The van der Waals surface area contributed by atoms with Crippen molar-refractivity contribution >= 4 is 27.5 Å². The molecular formula is C13H20N2O2S2. The van der Waals surface area contributed by atoms with E-state index < -0.39 is 10.0 Å². The molecule has 1 aromatic rings. The number of benzene rings is 1. The fourth-order valence-electron chi connectivity index (χ4n) is 2.14. The van der Waals surface area contributed by atoms with Crippen LogP contribution in [0, 0.1) is 0 Å². The lowest BCUT2D eigenvalue weighted by atomic mass is 10.2. The van der Waals surface area contributed by atoms with Crippen LogP contribution in [-0.4, -0.2) is 37.3 Å². The van der Waals surface area contributed by atoms with E-state index in [4.69, 9.17) is 5.73 Å². The van der Waals surface area contributed by atoms with Crippen LogP contribution in [-0.2, 0) is 10.0 Å². The first-order valence-corrected chi connectivity index (χ1v) is 9.14. The van der Waals surface area contributed by atoms with Gasteiger partial charge in [0.1, 0.15) is 0 Å². The van der Waals surface area contributed by atoms with E-state index in [1.165, 1.54) is 11.8 Å². The molecule has 0 aromatic heterocycles. The number of anilines is 1. The summed E-state index contributed by atoms with van der Waals surface area (Å²) in [7, 11) is -3.09. The zero-order valence-electron chi connectivity index (χ0n) is 10.9. The van der Waals surface area contributed by atoms with Gasteiger partial charge in [-0.2, -0.15) is 0 Å². The largest absolute Gasteiger partial charge is 0.398 e. The molecule has 0 unspecified atom stereocenters. The summed E-state index contributed by atoms with van der Waals surface area (Å²) >= 11 is 1.51. The van der Waals surface area contributed by atoms with Gasteiger partial charge in [-0.15, -0.1) is 11.8 Å². The van der Waals surface area contributed by atoms with Gasteiger partial charge in [0.15, 0.2) is 0 Å². The van der Waals surface area contributed by atoms with Gasteiger partial charge in [-0.3, -0.25) is 0 Å². The minimum atomic E-state index is -3.09. The van der Waals surface area contributed by atoms with E-state index >= 15 is 0 Å². The monoisotopic (exact) mass is 300 g/mol. The van der Waals surface area contributed by atoms with Crippen molar-refractivity contribution in [2.45, 2.75) is 24.2 Å². The second kappa shape index (κ2) is 6.63. The highest BCUT2D eigenvalue weighted by molar-refractivity contribution is 8.00. The fourth-order valence-corrected chi connectivity index (χ4v) is 5.02. The molecule has 0 amide bonds. The molecule has 0 atom stereocenters. The average molecular weight is 300 g/mol. The molecule has 2 N–H and O–H groups in total. The van der Waals surface area contributed by atoms with Crippen molar-refractivity contribution in [3.8, 4) is 0 Å². The predicted molar refractivity (Wildman–Crippen MR) is 80.8 cm³/mol. The topological polar surface area (TPSA) is 63.4 Å². The molecule has 0 aliphatic carbocycles. The molecule has 106 valence electrons. The van der Waals surface area contributed by atoms with Gasteiger partial charge in [-0.1, -0.05) is 18.6 Å². The van der Waals surface area contributed by atoms with E-state index in [0.29, 0.717) is 24.5 Å². The second-order valence-corrected chi connectivity index (χ2v) is 7.89. The Morgan fingerprint density at radius 3 is 2.53 bits per heavy atom. The van der Waals surface area contributed by atoms with Gasteiger partial charge < -0.3 is 5.73 Å². The van der Waals surface area contributed by atoms with Gasteiger partial charge in [-0.05, 0) is 25.0 Å². The summed E-state index contributed by atoms with van der Waals surface area (Å²) in [6.45, 7) is 1.36. The third-order valence-corrected chi connectivity index (χ3v) is 6.45. The van der Waals surface area contributed by atoms with Gasteiger partial charge in [0.25, 0.3) is 0 Å². The van der Waals surface area contributed by atoms with Crippen molar-refractivity contribution in [3.63, 3.8) is 0 Å². The van der Waals surface area contributed by atoms with Crippen molar-refractivity contribution in [1.82, 2.24) is 4.31 Å². The van der Waals surface area contributed by atoms with Gasteiger partial charge in [0, 0.05) is 29.4 Å². The molecule has 0 saturated carbocycles. The standard InChI is InChI=1S/C13H20N2O2S2/c14-12-6-2-3-7-13(12)18-10-11-19(16,17)15-8-4-1-5-9-15/h2-3,6-7H,1,4-5,8-11,14H2. The lowest BCUT2D eigenvalue weighted by Crippen LogP contribution is -2.37. The third-order valence-electron chi connectivity index (χ3n) is 3.23. The highest BCUT2D eigenvalue weighted by atomic mass is 32.2. The number of nitrogen functional groups attached to an aromatic ring is 1. The molecule has 1 aliphatic rings. The lowest BCUT2D eigenvalue weighted by molar-refractivity contribution is 0.347. The molecule has 6 heteroatoms. The Morgan fingerprint density at radius 1 is 1.16 bits per heavy atom. The smallest absolute Gasteiger partial charge is 0.214 e. The molecule has 0 radical (unpaired) electrons. The zero-order chi connectivity index (χ0) is 13.7. The molecule has 1 saturated heterocycles. The molecule has 0 spiro atoms. The first kappa shape index (κ1) is 14.7. The molecule has 2 rings (SSSR count). The number of nitrogens with zero attached hydrogens (tertiary/aromatic N) is 1. The Balaban J connectivity index is 1.86. The summed E-state index contributed by atoms with van der Waals surface area (Å²) in [5.74, 6) is 0.735. The molecule has 1 fully saturated rings. The summed E-state index contributed by atoms with van der Waals surface area (Å²) in [6.07, 6.45) is 3.11. The van der Waals surface area contributed by atoms with Crippen molar-refractivity contribution in [1.29, 1.82) is 0 Å². The number of thioether (sulfide) groups is 1. The van der Waals surface area contributed by atoms with E-state index in [1.807, 2.05) is 24.3 Å². The molecule has 19 heavy (non-hydrogen) atoms. The Morgan fingerprint density at radius 2 is 1.84 bits per heavy atom. The number of sulfonamides is 1. The van der Waals surface area contributed by atoms with E-state index in [-0.39, 0.29) is 5.75 Å². The van der Waals surface area contributed by atoms with Crippen molar-refractivity contribution in [2.24, 2.45) is 0 Å². The van der Waals surface area contributed by atoms with Gasteiger partial charge in [0.05, 0.1) is 5.75 Å². The Bertz CT molecular complexity index is 511. The number of hydrogen-bond acceptors (Lipinski definition) is 4. The first-order chi connectivity index (χ1) is 9.09. The number of para-hydroxylation sites is 1. The zero-order valence-corrected chi connectivity index (χ0v) is 12.5. The van der Waals surface area contributed by atoms with E-state index in [2.05, 4.69) is 0 Å². The number of nitrogens with two attached hydrogens (primary N) is 1. The summed E-state index contributed by atoms with van der Waals surface area (Å²) in [5.41, 5.74) is 6.54. The molecule has 4 nitrogen and oxygen atoms in total. The minimum Gasteiger partial charge on any atom is -0.398 e. The van der Waals surface area contributed by atoms with Gasteiger partial charge in [0.2, 0.25) is 10.0 Å². The normalized spacial score (nSPS) is 17.5. The molecule has 0 bridgehead atoms. The van der Waals surface area contributed by atoms with Crippen LogP contribution in [0.3, 0.4) is 0 Å². The van der Waals surface area contributed by atoms with Crippen LogP contribution in [0.5, 0.6) is 0 Å². The lowest BCUT2D eigenvalue weighted by Gasteiger charge is -2.25. The number of piperidine rings is 1. The van der Waals surface area contributed by atoms with E-state index in [9.17, 15) is 8.42 Å².